The first kappa shape index (κ1) is 24.9. The maximum Gasteiger partial charge on any atom is 0.407 e. The molecule has 2 aliphatic heterocycles. The number of hydrogen-bond acceptors (Lipinski definition) is 7. The van der Waals surface area contributed by atoms with Crippen LogP contribution >= 0.6 is 22.9 Å². The van der Waals surface area contributed by atoms with Crippen molar-refractivity contribution in [3.63, 3.8) is 0 Å². The molecule has 1 saturated heterocycles. The second-order valence-electron chi connectivity index (χ2n) is 9.29. The summed E-state index contributed by atoms with van der Waals surface area (Å²) in [4.78, 5) is 23.9. The van der Waals surface area contributed by atoms with Crippen LogP contribution in [0.4, 0.5) is 18.0 Å². The molecule has 0 unspecified atom stereocenters. The van der Waals surface area contributed by atoms with Crippen molar-refractivity contribution < 1.29 is 22.7 Å². The molecule has 0 bridgehead atoms. The fraction of sp³-hybridized carbons (Fsp3) is 0.360. The molecule has 1 N–H and O–H groups in total. The number of fused-ring (bicyclic) bond motifs is 1. The fourth-order valence-corrected chi connectivity index (χ4v) is 5.80. The third-order valence-corrected chi connectivity index (χ3v) is 7.97. The summed E-state index contributed by atoms with van der Waals surface area (Å²) in [7, 11) is 0. The van der Waals surface area contributed by atoms with E-state index in [9.17, 15) is 18.0 Å². The zero-order chi connectivity index (χ0) is 26.4. The van der Waals surface area contributed by atoms with E-state index in [2.05, 4.69) is 15.4 Å². The maximum absolute atomic E-state index is 13.9. The van der Waals surface area contributed by atoms with E-state index < -0.39 is 24.5 Å². The number of aromatic nitrogens is 3. The quantitative estimate of drug-likeness (QED) is 0.411. The molecule has 4 heterocycles. The van der Waals surface area contributed by atoms with E-state index in [1.165, 1.54) is 41.8 Å². The zero-order valence-corrected chi connectivity index (χ0v) is 21.4. The average molecular weight is 563 g/mol. The number of aliphatic imine (C=N–C) groups is 1. The average Bonchev–Trinajstić information content (AvgIpc) is 3.61. The first-order valence-electron chi connectivity index (χ1n) is 12.1. The summed E-state index contributed by atoms with van der Waals surface area (Å²) < 4.78 is 46.9. The second kappa shape index (κ2) is 10.1. The Hall–Kier alpha value is -3.38. The number of carbonyl (C=O) groups is 1. The van der Waals surface area contributed by atoms with Crippen LogP contribution in [0.5, 0.6) is 0 Å². The molecule has 0 radical (unpaired) electrons. The molecule has 38 heavy (non-hydrogen) atoms. The van der Waals surface area contributed by atoms with Gasteiger partial charge in [0.2, 0.25) is 0 Å². The van der Waals surface area contributed by atoms with Gasteiger partial charge in [-0.25, -0.2) is 18.9 Å². The summed E-state index contributed by atoms with van der Waals surface area (Å²) in [5, 5.41) is 9.67. The largest absolute Gasteiger partial charge is 0.446 e. The van der Waals surface area contributed by atoms with Crippen molar-refractivity contribution in [3.8, 4) is 0 Å². The van der Waals surface area contributed by atoms with Crippen LogP contribution in [-0.2, 0) is 4.74 Å². The van der Waals surface area contributed by atoms with Crippen LogP contribution in [0.2, 0.25) is 5.02 Å². The number of carbonyl (C=O) groups excluding carboxylic acids is 1. The summed E-state index contributed by atoms with van der Waals surface area (Å²) in [6, 6.07) is 4.39. The summed E-state index contributed by atoms with van der Waals surface area (Å²) in [6.45, 7) is -2.45. The van der Waals surface area contributed by atoms with Gasteiger partial charge in [-0.3, -0.25) is 4.99 Å². The monoisotopic (exact) mass is 562 g/mol. The van der Waals surface area contributed by atoms with E-state index >= 15 is 0 Å². The van der Waals surface area contributed by atoms with Crippen molar-refractivity contribution in [1.82, 2.24) is 25.0 Å². The van der Waals surface area contributed by atoms with Gasteiger partial charge >= 0.3 is 12.6 Å². The predicted molar refractivity (Wildman–Crippen MR) is 136 cm³/mol. The molecular weight excluding hydrogens is 541 g/mol. The molecule has 0 spiro atoms. The maximum atomic E-state index is 13.9. The number of benzene rings is 1. The molecular formula is C25H22ClF3N6O2S. The lowest BCUT2D eigenvalue weighted by Gasteiger charge is -2.32. The molecule has 3 aromatic rings. The van der Waals surface area contributed by atoms with E-state index in [4.69, 9.17) is 21.3 Å². The Balaban J connectivity index is 1.45. The summed E-state index contributed by atoms with van der Waals surface area (Å²) >= 11 is 7.87. The molecule has 13 heteroatoms. The number of hydrogen-bond donors (Lipinski definition) is 1. The summed E-state index contributed by atoms with van der Waals surface area (Å²) in [5.74, 6) is 0.0423. The van der Waals surface area contributed by atoms with Crippen LogP contribution in [0.15, 0.2) is 52.7 Å². The van der Waals surface area contributed by atoms with Gasteiger partial charge in [0.25, 0.3) is 0 Å². The fourth-order valence-electron chi connectivity index (χ4n) is 4.89. The van der Waals surface area contributed by atoms with Gasteiger partial charge in [0.1, 0.15) is 18.0 Å². The highest BCUT2D eigenvalue weighted by Crippen LogP contribution is 2.46. The highest BCUT2D eigenvalue weighted by Gasteiger charge is 2.41. The number of ether oxygens (including phenoxy) is 1. The summed E-state index contributed by atoms with van der Waals surface area (Å²) in [5.41, 5.74) is 2.07. The van der Waals surface area contributed by atoms with Gasteiger partial charge in [0, 0.05) is 52.6 Å². The van der Waals surface area contributed by atoms with E-state index in [0.29, 0.717) is 39.6 Å². The Kier molecular flexibility index (Phi) is 6.60. The summed E-state index contributed by atoms with van der Waals surface area (Å²) in [6.07, 6.45) is 5.42. The smallest absolute Gasteiger partial charge is 0.407 e. The standard InChI is InChI=1S/C25H22ClF3N6O2S/c26-17-10-13(27)4-5-16(17)21-20(18-6-8-35(33-18)24(28)29)19-11-14(31-25(36)37-15-2-1-3-15)12-34(19)22(32-21)23-30-7-9-38-23/h4-10,14-15,21,24H,1-3,11-12H2,(H,31,36)/t14-,21-/m0/s1. The highest BCUT2D eigenvalue weighted by atomic mass is 35.5. The third-order valence-electron chi connectivity index (χ3n) is 6.87. The van der Waals surface area contributed by atoms with Crippen LogP contribution in [0.25, 0.3) is 5.57 Å². The van der Waals surface area contributed by atoms with Crippen molar-refractivity contribution in [2.75, 3.05) is 6.54 Å². The van der Waals surface area contributed by atoms with E-state index in [1.54, 1.807) is 6.20 Å². The van der Waals surface area contributed by atoms with Gasteiger partial charge in [0.15, 0.2) is 10.8 Å². The molecule has 1 aromatic carbocycles. The Morgan fingerprint density at radius 3 is 2.76 bits per heavy atom. The Labute approximate surface area is 224 Å². The van der Waals surface area contributed by atoms with Crippen LogP contribution < -0.4 is 5.32 Å². The van der Waals surface area contributed by atoms with Crippen molar-refractivity contribution in [2.24, 2.45) is 4.99 Å². The number of nitrogens with one attached hydrogen (secondary N) is 1. The highest BCUT2D eigenvalue weighted by molar-refractivity contribution is 7.11. The lowest BCUT2D eigenvalue weighted by molar-refractivity contribution is 0.0506. The van der Waals surface area contributed by atoms with Crippen LogP contribution in [0.1, 0.15) is 54.5 Å². The normalized spacial score (nSPS) is 21.4. The van der Waals surface area contributed by atoms with E-state index in [-0.39, 0.29) is 22.9 Å². The Morgan fingerprint density at radius 2 is 2.11 bits per heavy atom. The molecule has 198 valence electrons. The molecule has 1 amide bonds. The van der Waals surface area contributed by atoms with E-state index in [0.717, 1.165) is 25.0 Å². The number of alkyl carbamates (subject to hydrolysis) is 1. The van der Waals surface area contributed by atoms with Crippen molar-refractivity contribution >= 4 is 40.4 Å². The van der Waals surface area contributed by atoms with Gasteiger partial charge in [-0.1, -0.05) is 17.7 Å². The number of halogens is 4. The number of rotatable bonds is 6. The van der Waals surface area contributed by atoms with Crippen molar-refractivity contribution in [2.45, 2.75) is 50.4 Å². The first-order chi connectivity index (χ1) is 18.4. The minimum atomic E-state index is -2.82. The molecule has 2 aromatic heterocycles. The second-order valence-corrected chi connectivity index (χ2v) is 10.6. The Bertz CT molecular complexity index is 1420. The lowest BCUT2D eigenvalue weighted by atomic mass is 9.92. The third kappa shape index (κ3) is 4.66. The number of nitrogens with zero attached hydrogens (tertiary/aromatic N) is 5. The van der Waals surface area contributed by atoms with Crippen LogP contribution in [-0.4, -0.2) is 50.3 Å². The van der Waals surface area contributed by atoms with Gasteiger partial charge in [-0.05, 0) is 37.5 Å². The number of thiazole rings is 1. The molecule has 6 rings (SSSR count). The minimum Gasteiger partial charge on any atom is -0.446 e. The van der Waals surface area contributed by atoms with Crippen molar-refractivity contribution in [3.05, 3.63) is 74.8 Å². The molecule has 8 nitrogen and oxygen atoms in total. The minimum absolute atomic E-state index is 0.0653. The number of amidine groups is 1. The molecule has 1 saturated carbocycles. The SMILES string of the molecule is O=C(N[C@H]1CC2=C(c3ccn(C(F)F)n3)[C@H](c3ccc(F)cc3Cl)N=C(c3nccs3)N2C1)OC1CCC1. The predicted octanol–water partition coefficient (Wildman–Crippen LogP) is 5.79. The van der Waals surface area contributed by atoms with Gasteiger partial charge < -0.3 is 15.0 Å². The number of amides is 1. The first-order valence-corrected chi connectivity index (χ1v) is 13.4. The molecule has 2 atom stereocenters. The number of alkyl halides is 2. The van der Waals surface area contributed by atoms with Gasteiger partial charge in [-0.15, -0.1) is 11.3 Å². The van der Waals surface area contributed by atoms with Crippen LogP contribution in [0.3, 0.4) is 0 Å². The van der Waals surface area contributed by atoms with Crippen LogP contribution in [0, 0.1) is 5.82 Å². The molecule has 1 aliphatic carbocycles. The topological polar surface area (TPSA) is 84.6 Å². The molecule has 2 fully saturated rings. The van der Waals surface area contributed by atoms with Gasteiger partial charge in [-0.2, -0.15) is 13.9 Å². The van der Waals surface area contributed by atoms with Crippen molar-refractivity contribution in [1.29, 1.82) is 0 Å². The molecule has 3 aliphatic rings. The van der Waals surface area contributed by atoms with E-state index in [1.807, 2.05) is 10.3 Å². The Morgan fingerprint density at radius 1 is 1.26 bits per heavy atom. The zero-order valence-electron chi connectivity index (χ0n) is 19.9. The van der Waals surface area contributed by atoms with Gasteiger partial charge in [0.05, 0.1) is 11.7 Å². The lowest BCUT2D eigenvalue weighted by Crippen LogP contribution is -2.41.